The molecule has 0 amide bonds. The Bertz CT molecular complexity index is 1000. The summed E-state index contributed by atoms with van der Waals surface area (Å²) in [6, 6.07) is 13.2. The minimum atomic E-state index is -0.756. The van der Waals surface area contributed by atoms with E-state index in [0.717, 1.165) is 37.2 Å². The van der Waals surface area contributed by atoms with Crippen LogP contribution in [-0.2, 0) is 4.79 Å². The minimum absolute atomic E-state index is 0.0296. The van der Waals surface area contributed by atoms with Crippen molar-refractivity contribution in [2.75, 3.05) is 23.0 Å². The van der Waals surface area contributed by atoms with Crippen molar-refractivity contribution in [2.24, 2.45) is 5.92 Å². The molecule has 0 radical (unpaired) electrons. The highest BCUT2D eigenvalue weighted by Gasteiger charge is 2.34. The second kappa shape index (κ2) is 10.8. The fourth-order valence-electron chi connectivity index (χ4n) is 5.81. The van der Waals surface area contributed by atoms with Crippen molar-refractivity contribution in [3.05, 3.63) is 48.3 Å². The standard InChI is InChI=1S/C28H37FN2O4/c1-5-34-24-10-11-26(29)27(16-24)31-19(3)13-25(14-20(31)4)35-23-8-6-21(7-9-23)30-17-18(2)12-22(30)15-28(32)33/h6-11,16,18-20,22,25H,5,12-15,17H2,1-4H3,(H,32,33)/t18-,19-,20+,22-,25+/m1/s1. The van der Waals surface area contributed by atoms with Gasteiger partial charge in [-0.15, -0.1) is 0 Å². The first-order chi connectivity index (χ1) is 16.7. The summed E-state index contributed by atoms with van der Waals surface area (Å²) >= 11 is 0. The van der Waals surface area contributed by atoms with Gasteiger partial charge in [0, 0.05) is 49.3 Å². The number of halogens is 1. The van der Waals surface area contributed by atoms with Gasteiger partial charge in [0.1, 0.15) is 23.4 Å². The molecule has 0 saturated carbocycles. The first-order valence-electron chi connectivity index (χ1n) is 12.7. The highest BCUT2D eigenvalue weighted by atomic mass is 19.1. The highest BCUT2D eigenvalue weighted by Crippen LogP contribution is 2.36. The first kappa shape index (κ1) is 25.1. The Hall–Kier alpha value is -2.96. The molecule has 190 valence electrons. The van der Waals surface area contributed by atoms with E-state index in [1.165, 1.54) is 6.07 Å². The van der Waals surface area contributed by atoms with Crippen molar-refractivity contribution in [1.29, 1.82) is 0 Å². The van der Waals surface area contributed by atoms with Crippen LogP contribution in [0.1, 0.15) is 53.4 Å². The molecule has 2 aromatic carbocycles. The molecular weight excluding hydrogens is 447 g/mol. The van der Waals surface area contributed by atoms with Crippen LogP contribution < -0.4 is 19.3 Å². The van der Waals surface area contributed by atoms with Crippen LogP contribution in [0.4, 0.5) is 15.8 Å². The molecule has 5 atom stereocenters. The molecule has 4 rings (SSSR count). The Balaban J connectivity index is 1.41. The smallest absolute Gasteiger partial charge is 0.305 e. The van der Waals surface area contributed by atoms with Crippen LogP contribution in [0.15, 0.2) is 42.5 Å². The lowest BCUT2D eigenvalue weighted by molar-refractivity contribution is -0.137. The number of aliphatic carboxylic acids is 1. The van der Waals surface area contributed by atoms with Gasteiger partial charge in [-0.25, -0.2) is 4.39 Å². The van der Waals surface area contributed by atoms with Gasteiger partial charge in [-0.2, -0.15) is 0 Å². The maximum Gasteiger partial charge on any atom is 0.305 e. The average molecular weight is 485 g/mol. The minimum Gasteiger partial charge on any atom is -0.494 e. The Morgan fingerprint density at radius 3 is 2.31 bits per heavy atom. The largest absolute Gasteiger partial charge is 0.494 e. The summed E-state index contributed by atoms with van der Waals surface area (Å²) in [5.41, 5.74) is 1.61. The quantitative estimate of drug-likeness (QED) is 0.516. The Kier molecular flexibility index (Phi) is 7.72. The molecule has 2 aliphatic rings. The van der Waals surface area contributed by atoms with E-state index in [1.807, 2.05) is 31.2 Å². The number of benzene rings is 2. The van der Waals surface area contributed by atoms with E-state index in [9.17, 15) is 14.3 Å². The van der Waals surface area contributed by atoms with Crippen LogP contribution in [0.2, 0.25) is 0 Å². The molecule has 0 bridgehead atoms. The van der Waals surface area contributed by atoms with E-state index in [2.05, 4.69) is 30.6 Å². The number of hydrogen-bond acceptors (Lipinski definition) is 5. The van der Waals surface area contributed by atoms with Gasteiger partial charge < -0.3 is 24.4 Å². The number of rotatable bonds is 8. The lowest BCUT2D eigenvalue weighted by atomic mass is 9.93. The van der Waals surface area contributed by atoms with Gasteiger partial charge in [0.25, 0.3) is 0 Å². The molecule has 35 heavy (non-hydrogen) atoms. The van der Waals surface area contributed by atoms with Crippen molar-refractivity contribution in [2.45, 2.75) is 77.6 Å². The summed E-state index contributed by atoms with van der Waals surface area (Å²) in [6.45, 7) is 9.72. The number of carboxylic acids is 1. The number of piperidine rings is 1. The predicted octanol–water partition coefficient (Wildman–Crippen LogP) is 5.74. The summed E-state index contributed by atoms with van der Waals surface area (Å²) < 4.78 is 26.6. The molecule has 0 spiro atoms. The lowest BCUT2D eigenvalue weighted by Gasteiger charge is -2.44. The number of ether oxygens (including phenoxy) is 2. The summed E-state index contributed by atoms with van der Waals surface area (Å²) in [7, 11) is 0. The normalized spacial score (nSPS) is 26.6. The van der Waals surface area contributed by atoms with E-state index in [4.69, 9.17) is 9.47 Å². The zero-order chi connectivity index (χ0) is 25.1. The zero-order valence-electron chi connectivity index (χ0n) is 21.1. The fourth-order valence-corrected chi connectivity index (χ4v) is 5.81. The van der Waals surface area contributed by atoms with Gasteiger partial charge in [-0.1, -0.05) is 6.92 Å². The van der Waals surface area contributed by atoms with Crippen molar-refractivity contribution in [1.82, 2.24) is 0 Å². The zero-order valence-corrected chi connectivity index (χ0v) is 21.1. The van der Waals surface area contributed by atoms with Crippen molar-refractivity contribution in [3.8, 4) is 11.5 Å². The third-order valence-corrected chi connectivity index (χ3v) is 7.17. The maximum atomic E-state index is 14.7. The number of hydrogen-bond donors (Lipinski definition) is 1. The molecule has 6 nitrogen and oxygen atoms in total. The van der Waals surface area contributed by atoms with Gasteiger partial charge in [-0.3, -0.25) is 4.79 Å². The highest BCUT2D eigenvalue weighted by molar-refractivity contribution is 5.69. The lowest BCUT2D eigenvalue weighted by Crippen LogP contribution is -2.50. The second-order valence-electron chi connectivity index (χ2n) is 10.1. The van der Waals surface area contributed by atoms with E-state index in [1.54, 1.807) is 12.1 Å². The van der Waals surface area contributed by atoms with Crippen LogP contribution in [0.5, 0.6) is 11.5 Å². The molecule has 0 unspecified atom stereocenters. The topological polar surface area (TPSA) is 62.2 Å². The van der Waals surface area contributed by atoms with Crippen molar-refractivity contribution >= 4 is 17.3 Å². The number of carbonyl (C=O) groups is 1. The van der Waals surface area contributed by atoms with E-state index in [0.29, 0.717) is 24.0 Å². The fraction of sp³-hybridized carbons (Fsp3) is 0.536. The molecule has 2 fully saturated rings. The second-order valence-corrected chi connectivity index (χ2v) is 10.1. The Labute approximate surface area is 207 Å². The molecule has 7 heteroatoms. The number of carboxylic acid groups (broad SMARTS) is 1. The average Bonchev–Trinajstić information content (AvgIpc) is 3.15. The van der Waals surface area contributed by atoms with Gasteiger partial charge in [0.2, 0.25) is 0 Å². The molecule has 2 aliphatic heterocycles. The number of nitrogens with zero attached hydrogens (tertiary/aromatic N) is 2. The molecule has 2 aromatic rings. The third kappa shape index (κ3) is 5.82. The van der Waals surface area contributed by atoms with Crippen molar-refractivity contribution in [3.63, 3.8) is 0 Å². The summed E-state index contributed by atoms with van der Waals surface area (Å²) in [6.07, 6.45) is 2.66. The van der Waals surface area contributed by atoms with E-state index >= 15 is 0 Å². The van der Waals surface area contributed by atoms with Gasteiger partial charge in [-0.05, 0) is 69.5 Å². The number of anilines is 2. The first-order valence-corrected chi connectivity index (χ1v) is 12.7. The summed E-state index contributed by atoms with van der Waals surface area (Å²) in [4.78, 5) is 15.6. The Morgan fingerprint density at radius 1 is 1.03 bits per heavy atom. The van der Waals surface area contributed by atoms with Gasteiger partial charge in [0.15, 0.2) is 0 Å². The van der Waals surface area contributed by atoms with Crippen LogP contribution in [0.25, 0.3) is 0 Å². The van der Waals surface area contributed by atoms with E-state index < -0.39 is 5.97 Å². The molecule has 0 aromatic heterocycles. The molecule has 1 N–H and O–H groups in total. The summed E-state index contributed by atoms with van der Waals surface area (Å²) in [5.74, 6) is 0.966. The summed E-state index contributed by atoms with van der Waals surface area (Å²) in [5, 5.41) is 9.26. The maximum absolute atomic E-state index is 14.7. The molecular formula is C28H37FN2O4. The SMILES string of the molecule is CCOc1ccc(F)c(N2[C@H](C)C[C@H](Oc3ccc(N4C[C@H](C)C[C@@H]4CC(=O)O)cc3)C[C@@H]2C)c1. The van der Waals surface area contributed by atoms with Crippen LogP contribution in [0, 0.1) is 11.7 Å². The van der Waals surface area contributed by atoms with Gasteiger partial charge in [0.05, 0.1) is 18.7 Å². The molecule has 2 heterocycles. The van der Waals surface area contributed by atoms with Gasteiger partial charge >= 0.3 is 5.97 Å². The van der Waals surface area contributed by atoms with E-state index in [-0.39, 0.29) is 36.5 Å². The third-order valence-electron chi connectivity index (χ3n) is 7.17. The van der Waals surface area contributed by atoms with Crippen LogP contribution >= 0.6 is 0 Å². The molecule has 2 saturated heterocycles. The van der Waals surface area contributed by atoms with Crippen LogP contribution in [-0.4, -0.2) is 48.5 Å². The molecule has 0 aliphatic carbocycles. The Morgan fingerprint density at radius 2 is 1.69 bits per heavy atom. The monoisotopic (exact) mass is 484 g/mol. The van der Waals surface area contributed by atoms with Crippen molar-refractivity contribution < 1.29 is 23.8 Å². The predicted molar refractivity (Wildman–Crippen MR) is 136 cm³/mol. The van der Waals surface area contributed by atoms with Crippen LogP contribution in [0.3, 0.4) is 0 Å².